The molecule has 0 atom stereocenters. The van der Waals surface area contributed by atoms with Gasteiger partial charge in [0, 0.05) is 5.02 Å². The molecule has 0 aliphatic carbocycles. The summed E-state index contributed by atoms with van der Waals surface area (Å²) >= 11 is 6.63. The maximum absolute atomic E-state index is 12.5. The number of carbonyl (C=O) groups excluding carboxylic acids is 2. The molecule has 1 fully saturated rings. The van der Waals surface area contributed by atoms with E-state index >= 15 is 0 Å². The number of benzene rings is 2. The van der Waals surface area contributed by atoms with Crippen molar-refractivity contribution in [3.63, 3.8) is 0 Å². The minimum absolute atomic E-state index is 0.0973. The van der Waals surface area contributed by atoms with Gasteiger partial charge in [-0.1, -0.05) is 23.7 Å². The molecule has 6 nitrogen and oxygen atoms in total. The minimum atomic E-state index is -3.84. The SMILES string of the molecule is NS(=O)(=O)c1ccc(N2C(=O)S/C(=C\c3ccc(Cl)cc3)C2=O)cc1. The van der Waals surface area contributed by atoms with Gasteiger partial charge in [0.25, 0.3) is 11.1 Å². The van der Waals surface area contributed by atoms with E-state index in [0.717, 1.165) is 22.2 Å². The number of sulfonamides is 1. The second kappa shape index (κ2) is 6.64. The van der Waals surface area contributed by atoms with E-state index in [4.69, 9.17) is 16.7 Å². The summed E-state index contributed by atoms with van der Waals surface area (Å²) in [5.74, 6) is -0.478. The molecule has 0 aromatic heterocycles. The van der Waals surface area contributed by atoms with E-state index in [2.05, 4.69) is 0 Å². The molecule has 2 amide bonds. The molecule has 1 aliphatic heterocycles. The Morgan fingerprint density at radius 1 is 1.00 bits per heavy atom. The topological polar surface area (TPSA) is 97.5 Å². The van der Waals surface area contributed by atoms with Gasteiger partial charge >= 0.3 is 0 Å². The first-order valence-electron chi connectivity index (χ1n) is 6.92. The zero-order valence-corrected chi connectivity index (χ0v) is 14.9. The van der Waals surface area contributed by atoms with E-state index in [9.17, 15) is 18.0 Å². The van der Waals surface area contributed by atoms with Crippen molar-refractivity contribution in [3.05, 3.63) is 64.0 Å². The van der Waals surface area contributed by atoms with E-state index < -0.39 is 21.2 Å². The Bertz CT molecular complexity index is 984. The van der Waals surface area contributed by atoms with Crippen molar-refractivity contribution in [2.24, 2.45) is 5.14 Å². The number of carbonyl (C=O) groups is 2. The van der Waals surface area contributed by atoms with E-state index in [1.165, 1.54) is 24.3 Å². The quantitative estimate of drug-likeness (QED) is 0.806. The summed E-state index contributed by atoms with van der Waals surface area (Å²) < 4.78 is 22.6. The van der Waals surface area contributed by atoms with Crippen LogP contribution >= 0.6 is 23.4 Å². The largest absolute Gasteiger partial charge is 0.298 e. The molecule has 0 saturated carbocycles. The molecule has 25 heavy (non-hydrogen) atoms. The van der Waals surface area contributed by atoms with Gasteiger partial charge < -0.3 is 0 Å². The smallest absolute Gasteiger partial charge is 0.268 e. The van der Waals surface area contributed by atoms with Crippen molar-refractivity contribution in [1.82, 2.24) is 0 Å². The van der Waals surface area contributed by atoms with Gasteiger partial charge in [-0.25, -0.2) is 18.5 Å². The lowest BCUT2D eigenvalue weighted by atomic mass is 10.2. The molecule has 0 radical (unpaired) electrons. The van der Waals surface area contributed by atoms with E-state index in [0.29, 0.717) is 5.02 Å². The number of rotatable bonds is 3. The molecule has 1 heterocycles. The number of imide groups is 1. The summed E-state index contributed by atoms with van der Waals surface area (Å²) in [7, 11) is -3.84. The molecule has 1 aliphatic rings. The first kappa shape index (κ1) is 17.7. The monoisotopic (exact) mass is 394 g/mol. The van der Waals surface area contributed by atoms with E-state index in [1.807, 2.05) is 0 Å². The summed E-state index contributed by atoms with van der Waals surface area (Å²) in [4.78, 5) is 25.9. The highest BCUT2D eigenvalue weighted by Crippen LogP contribution is 2.36. The Kier molecular flexibility index (Phi) is 4.70. The molecule has 128 valence electrons. The van der Waals surface area contributed by atoms with Gasteiger partial charge in [0.2, 0.25) is 10.0 Å². The standard InChI is InChI=1S/C16H11ClN2O4S2/c17-11-3-1-10(2-4-11)9-14-15(20)19(16(21)24-14)12-5-7-13(8-6-12)25(18,22)23/h1-9H,(H2,18,22,23)/b14-9-. The fourth-order valence-corrected chi connectivity index (χ4v) is 3.67. The lowest BCUT2D eigenvalue weighted by Crippen LogP contribution is -2.27. The molecule has 0 spiro atoms. The normalized spacial score (nSPS) is 16.7. The average Bonchev–Trinajstić information content (AvgIpc) is 2.83. The third-order valence-corrected chi connectivity index (χ3v) is 5.44. The Morgan fingerprint density at radius 3 is 2.16 bits per heavy atom. The number of halogens is 1. The zero-order valence-electron chi connectivity index (χ0n) is 12.5. The summed E-state index contributed by atoms with van der Waals surface area (Å²) in [6.07, 6.45) is 1.60. The maximum atomic E-state index is 12.5. The number of hydrogen-bond acceptors (Lipinski definition) is 5. The number of thioether (sulfide) groups is 1. The van der Waals surface area contributed by atoms with E-state index in [1.54, 1.807) is 30.3 Å². The summed E-state index contributed by atoms with van der Waals surface area (Å²) in [6, 6.07) is 12.1. The fraction of sp³-hybridized carbons (Fsp3) is 0. The van der Waals surface area contributed by atoms with Crippen LogP contribution in [-0.4, -0.2) is 19.6 Å². The van der Waals surface area contributed by atoms with Gasteiger partial charge in [-0.3, -0.25) is 9.59 Å². The van der Waals surface area contributed by atoms with Crippen LogP contribution in [0, 0.1) is 0 Å². The third kappa shape index (κ3) is 3.77. The highest BCUT2D eigenvalue weighted by molar-refractivity contribution is 8.19. The van der Waals surface area contributed by atoms with Crippen LogP contribution in [0.25, 0.3) is 6.08 Å². The van der Waals surface area contributed by atoms with Gasteiger partial charge in [0.05, 0.1) is 15.5 Å². The number of primary sulfonamides is 1. The molecule has 1 saturated heterocycles. The van der Waals surface area contributed by atoms with Crippen molar-refractivity contribution >= 4 is 56.3 Å². The Labute approximate surface area is 153 Å². The van der Waals surface area contributed by atoms with Crippen molar-refractivity contribution in [2.75, 3.05) is 4.90 Å². The van der Waals surface area contributed by atoms with Crippen molar-refractivity contribution < 1.29 is 18.0 Å². The highest BCUT2D eigenvalue weighted by atomic mass is 35.5. The molecule has 0 bridgehead atoms. The Hall–Kier alpha value is -2.13. The van der Waals surface area contributed by atoms with Crippen LogP contribution in [0.1, 0.15) is 5.56 Å². The molecule has 2 aromatic rings. The van der Waals surface area contributed by atoms with Crippen molar-refractivity contribution in [3.8, 4) is 0 Å². The number of amides is 2. The lowest BCUT2D eigenvalue weighted by molar-refractivity contribution is -0.113. The molecule has 0 unspecified atom stereocenters. The van der Waals surface area contributed by atoms with Crippen molar-refractivity contribution in [1.29, 1.82) is 0 Å². The first-order chi connectivity index (χ1) is 11.8. The van der Waals surface area contributed by atoms with Gasteiger partial charge in [0.15, 0.2) is 0 Å². The van der Waals surface area contributed by atoms with Gasteiger partial charge in [-0.2, -0.15) is 0 Å². The second-order valence-corrected chi connectivity index (χ2v) is 8.10. The molecular weight excluding hydrogens is 384 g/mol. The van der Waals surface area contributed by atoms with Crippen molar-refractivity contribution in [2.45, 2.75) is 4.90 Å². The first-order valence-corrected chi connectivity index (χ1v) is 9.66. The summed E-state index contributed by atoms with van der Waals surface area (Å²) in [5.41, 5.74) is 1.01. The van der Waals surface area contributed by atoms with Gasteiger partial charge in [-0.15, -0.1) is 0 Å². The number of hydrogen-bond donors (Lipinski definition) is 1. The van der Waals surface area contributed by atoms with Crippen LogP contribution < -0.4 is 10.0 Å². The Morgan fingerprint density at radius 2 is 1.60 bits per heavy atom. The van der Waals surface area contributed by atoms with Crippen LogP contribution in [0.3, 0.4) is 0 Å². The highest BCUT2D eigenvalue weighted by Gasteiger charge is 2.36. The number of nitrogens with two attached hydrogens (primary N) is 1. The minimum Gasteiger partial charge on any atom is -0.268 e. The van der Waals surface area contributed by atoms with Gasteiger partial charge in [-0.05, 0) is 59.8 Å². The lowest BCUT2D eigenvalue weighted by Gasteiger charge is -2.12. The zero-order chi connectivity index (χ0) is 18.2. The third-order valence-electron chi connectivity index (χ3n) is 3.38. The Balaban J connectivity index is 1.90. The molecule has 2 N–H and O–H groups in total. The van der Waals surface area contributed by atoms with Crippen LogP contribution in [-0.2, 0) is 14.8 Å². The van der Waals surface area contributed by atoms with Crippen LogP contribution in [0.15, 0.2) is 58.3 Å². The molecule has 3 rings (SSSR count). The molecule has 9 heteroatoms. The van der Waals surface area contributed by atoms with Crippen LogP contribution in [0.5, 0.6) is 0 Å². The average molecular weight is 395 g/mol. The predicted octanol–water partition coefficient (Wildman–Crippen LogP) is 3.23. The summed E-state index contributed by atoms with van der Waals surface area (Å²) in [6.45, 7) is 0. The van der Waals surface area contributed by atoms with Crippen LogP contribution in [0.2, 0.25) is 5.02 Å². The van der Waals surface area contributed by atoms with E-state index in [-0.39, 0.29) is 15.5 Å². The predicted molar refractivity (Wildman–Crippen MR) is 97.7 cm³/mol. The summed E-state index contributed by atoms with van der Waals surface area (Å²) in [5, 5.41) is 5.14. The fourth-order valence-electron chi connectivity index (χ4n) is 2.19. The van der Waals surface area contributed by atoms with Crippen LogP contribution in [0.4, 0.5) is 10.5 Å². The molecular formula is C16H11ClN2O4S2. The second-order valence-electron chi connectivity index (χ2n) is 5.11. The number of nitrogens with zero attached hydrogens (tertiary/aromatic N) is 1. The maximum Gasteiger partial charge on any atom is 0.298 e. The van der Waals surface area contributed by atoms with Gasteiger partial charge in [0.1, 0.15) is 0 Å². The number of anilines is 1. The molecule has 2 aromatic carbocycles.